The number of halogens is 1. The van der Waals surface area contributed by atoms with Crippen molar-refractivity contribution in [2.75, 3.05) is 13.2 Å². The highest BCUT2D eigenvalue weighted by Crippen LogP contribution is 2.29. The molecule has 0 aromatic rings. The van der Waals surface area contributed by atoms with Gasteiger partial charge in [-0.05, 0) is 0 Å². The van der Waals surface area contributed by atoms with Crippen molar-refractivity contribution < 1.29 is 25.2 Å². The molecule has 3 unspecified atom stereocenters. The summed E-state index contributed by atoms with van der Waals surface area (Å²) in [6.45, 7) is -0.832. The van der Waals surface area contributed by atoms with E-state index < -0.39 is 30.0 Å². The van der Waals surface area contributed by atoms with Crippen LogP contribution in [0.15, 0.2) is 0 Å². The first-order valence-electron chi connectivity index (χ1n) is 3.49. The predicted molar refractivity (Wildman–Crippen MR) is 39.6 cm³/mol. The normalized spacial score (nSPS) is 49.2. The molecule has 12 heavy (non-hydrogen) atoms. The molecule has 0 radical (unpaired) electrons. The summed E-state index contributed by atoms with van der Waals surface area (Å²) in [4.78, 5) is 0. The van der Waals surface area contributed by atoms with Crippen LogP contribution in [0.1, 0.15) is 0 Å². The van der Waals surface area contributed by atoms with Crippen molar-refractivity contribution in [1.82, 2.24) is 0 Å². The van der Waals surface area contributed by atoms with Crippen molar-refractivity contribution >= 4 is 11.6 Å². The van der Waals surface area contributed by atoms with Crippen LogP contribution < -0.4 is 0 Å². The lowest BCUT2D eigenvalue weighted by Crippen LogP contribution is -2.59. The lowest BCUT2D eigenvalue weighted by Gasteiger charge is -2.39. The smallest absolute Gasteiger partial charge is 0.192 e. The largest absolute Gasteiger partial charge is 0.392 e. The summed E-state index contributed by atoms with van der Waals surface area (Å²) in [5, 5.41) is 34.4. The Labute approximate surface area is 74.2 Å². The van der Waals surface area contributed by atoms with E-state index in [1.54, 1.807) is 0 Å². The second-order valence-corrected chi connectivity index (χ2v) is 3.40. The van der Waals surface area contributed by atoms with Gasteiger partial charge in [-0.1, -0.05) is 11.6 Å². The summed E-state index contributed by atoms with van der Waals surface area (Å²) in [5.74, 6) is 0. The highest BCUT2D eigenvalue weighted by molar-refractivity contribution is 6.23. The molecule has 0 aromatic carbocycles. The van der Waals surface area contributed by atoms with Crippen LogP contribution in [-0.2, 0) is 4.74 Å². The van der Waals surface area contributed by atoms with E-state index in [2.05, 4.69) is 0 Å². The molecule has 1 aliphatic rings. The molecule has 6 heteroatoms. The van der Waals surface area contributed by atoms with Gasteiger partial charge in [0, 0.05) is 0 Å². The molecule has 4 atom stereocenters. The fraction of sp³-hybridized carbons (Fsp3) is 1.00. The minimum Gasteiger partial charge on any atom is -0.392 e. The third-order valence-corrected chi connectivity index (χ3v) is 2.32. The zero-order valence-electron chi connectivity index (χ0n) is 6.22. The van der Waals surface area contributed by atoms with E-state index in [0.717, 1.165) is 0 Å². The third-order valence-electron chi connectivity index (χ3n) is 1.87. The van der Waals surface area contributed by atoms with Crippen LogP contribution in [0.5, 0.6) is 0 Å². The van der Waals surface area contributed by atoms with Crippen molar-refractivity contribution in [2.45, 2.75) is 23.4 Å². The van der Waals surface area contributed by atoms with Gasteiger partial charge >= 0.3 is 0 Å². The Kier molecular flexibility index (Phi) is 2.92. The molecule has 1 saturated heterocycles. The first-order valence-corrected chi connectivity index (χ1v) is 3.87. The van der Waals surface area contributed by atoms with Crippen LogP contribution in [-0.4, -0.2) is 57.0 Å². The second-order valence-electron chi connectivity index (χ2n) is 2.76. The Morgan fingerprint density at radius 1 is 1.42 bits per heavy atom. The van der Waals surface area contributed by atoms with Crippen molar-refractivity contribution in [3.8, 4) is 0 Å². The summed E-state index contributed by atoms with van der Waals surface area (Å²) < 4.78 is 4.76. The van der Waals surface area contributed by atoms with Crippen LogP contribution in [0.2, 0.25) is 0 Å². The van der Waals surface area contributed by atoms with Gasteiger partial charge in [0.15, 0.2) is 5.06 Å². The molecule has 4 N–H and O–H groups in total. The fourth-order valence-corrected chi connectivity index (χ4v) is 1.20. The van der Waals surface area contributed by atoms with Gasteiger partial charge in [0.25, 0.3) is 0 Å². The summed E-state index contributed by atoms with van der Waals surface area (Å²) in [7, 11) is 0. The minimum absolute atomic E-state index is 0.206. The molecular formula is C6H11ClO5. The third kappa shape index (κ3) is 1.56. The molecule has 1 rings (SSSR count). The molecule has 72 valence electrons. The topological polar surface area (TPSA) is 90.2 Å². The molecule has 0 amide bonds. The molecule has 0 bridgehead atoms. The summed E-state index contributed by atoms with van der Waals surface area (Å²) in [6.07, 6.45) is -4.05. The molecule has 1 aliphatic heterocycles. The van der Waals surface area contributed by atoms with Gasteiger partial charge in [-0.25, -0.2) is 0 Å². The standard InChI is InChI=1S/C6H11ClO5/c7-6(2-8)5(11)4(10)3(9)1-12-6/h3-5,8-11H,1-2H2/t3-,4?,5?,6?/m1/s1. The quantitative estimate of drug-likeness (QED) is 0.367. The number of rotatable bonds is 1. The van der Waals surface area contributed by atoms with E-state index in [1.807, 2.05) is 0 Å². The van der Waals surface area contributed by atoms with Gasteiger partial charge < -0.3 is 25.2 Å². The Morgan fingerprint density at radius 2 is 2.00 bits per heavy atom. The SMILES string of the molecule is OCC1(Cl)OC[C@@H](O)C(O)C1O. The number of ether oxygens (including phenoxy) is 1. The van der Waals surface area contributed by atoms with Crippen molar-refractivity contribution in [3.05, 3.63) is 0 Å². The van der Waals surface area contributed by atoms with Crippen molar-refractivity contribution in [2.24, 2.45) is 0 Å². The summed E-state index contributed by atoms with van der Waals surface area (Å²) in [6, 6.07) is 0. The molecular weight excluding hydrogens is 188 g/mol. The van der Waals surface area contributed by atoms with E-state index in [0.29, 0.717) is 0 Å². The highest BCUT2D eigenvalue weighted by atomic mass is 35.5. The number of aliphatic hydroxyl groups excluding tert-OH is 4. The highest BCUT2D eigenvalue weighted by Gasteiger charge is 2.47. The lowest BCUT2D eigenvalue weighted by molar-refractivity contribution is -0.213. The van der Waals surface area contributed by atoms with Crippen molar-refractivity contribution in [1.29, 1.82) is 0 Å². The monoisotopic (exact) mass is 198 g/mol. The van der Waals surface area contributed by atoms with Gasteiger partial charge in [0.05, 0.1) is 13.2 Å². The lowest BCUT2D eigenvalue weighted by atomic mass is 10.0. The molecule has 1 heterocycles. The van der Waals surface area contributed by atoms with Gasteiger partial charge in [-0.15, -0.1) is 0 Å². The first-order chi connectivity index (χ1) is 5.51. The van der Waals surface area contributed by atoms with Gasteiger partial charge in [0.2, 0.25) is 0 Å². The molecule has 0 aliphatic carbocycles. The number of hydrogen-bond donors (Lipinski definition) is 4. The van der Waals surface area contributed by atoms with E-state index in [-0.39, 0.29) is 6.61 Å². The first kappa shape index (κ1) is 10.2. The molecule has 5 nitrogen and oxygen atoms in total. The van der Waals surface area contributed by atoms with Crippen LogP contribution >= 0.6 is 11.6 Å². The number of alkyl halides is 1. The fourth-order valence-electron chi connectivity index (χ4n) is 1.01. The average Bonchev–Trinajstić information content (AvgIpc) is 2.09. The second kappa shape index (κ2) is 3.45. The summed E-state index contributed by atoms with van der Waals surface area (Å²) >= 11 is 5.58. The molecule has 1 fully saturated rings. The number of hydrogen-bond acceptors (Lipinski definition) is 5. The molecule has 0 saturated carbocycles. The zero-order chi connectivity index (χ0) is 9.35. The number of aliphatic hydroxyl groups is 4. The van der Waals surface area contributed by atoms with Crippen molar-refractivity contribution in [3.63, 3.8) is 0 Å². The molecule has 0 spiro atoms. The Morgan fingerprint density at radius 3 is 2.50 bits per heavy atom. The maximum atomic E-state index is 9.24. The Hall–Kier alpha value is 0.0900. The maximum Gasteiger partial charge on any atom is 0.192 e. The van der Waals surface area contributed by atoms with E-state index in [4.69, 9.17) is 31.7 Å². The van der Waals surface area contributed by atoms with Crippen LogP contribution in [0.3, 0.4) is 0 Å². The average molecular weight is 199 g/mol. The summed E-state index contributed by atoms with van der Waals surface area (Å²) in [5.41, 5.74) is 0. The predicted octanol–water partition coefficient (Wildman–Crippen LogP) is -1.97. The maximum absolute atomic E-state index is 9.24. The van der Waals surface area contributed by atoms with E-state index >= 15 is 0 Å². The van der Waals surface area contributed by atoms with Crippen LogP contribution in [0.25, 0.3) is 0 Å². The van der Waals surface area contributed by atoms with Gasteiger partial charge in [0.1, 0.15) is 18.3 Å². The van der Waals surface area contributed by atoms with E-state index in [9.17, 15) is 5.11 Å². The van der Waals surface area contributed by atoms with Crippen LogP contribution in [0.4, 0.5) is 0 Å². The van der Waals surface area contributed by atoms with Crippen LogP contribution in [0, 0.1) is 0 Å². The zero-order valence-corrected chi connectivity index (χ0v) is 6.98. The molecule has 0 aromatic heterocycles. The van der Waals surface area contributed by atoms with E-state index in [1.165, 1.54) is 0 Å². The minimum atomic E-state index is -1.70. The van der Waals surface area contributed by atoms with Gasteiger partial charge in [-0.2, -0.15) is 0 Å². The Bertz CT molecular complexity index is 166. The van der Waals surface area contributed by atoms with Gasteiger partial charge in [-0.3, -0.25) is 0 Å². The Balaban J connectivity index is 2.71.